The van der Waals surface area contributed by atoms with Crippen LogP contribution in [-0.2, 0) is 21.7 Å². The third-order valence-electron chi connectivity index (χ3n) is 8.46. The van der Waals surface area contributed by atoms with Crippen LogP contribution in [0, 0.1) is 17.3 Å². The summed E-state index contributed by atoms with van der Waals surface area (Å²) in [5.74, 6) is 1.66. The van der Waals surface area contributed by atoms with Crippen LogP contribution >= 0.6 is 11.6 Å². The van der Waals surface area contributed by atoms with E-state index in [1.54, 1.807) is 6.07 Å². The number of anilines is 2. The van der Waals surface area contributed by atoms with Crippen LogP contribution in [-0.4, -0.2) is 38.5 Å². The molecule has 1 unspecified atom stereocenters. The summed E-state index contributed by atoms with van der Waals surface area (Å²) in [7, 11) is 0. The molecule has 1 amide bonds. The van der Waals surface area contributed by atoms with Gasteiger partial charge in [-0.25, -0.2) is 19.3 Å². The van der Waals surface area contributed by atoms with Crippen LogP contribution in [0.2, 0.25) is 0 Å². The lowest BCUT2D eigenvalue weighted by Crippen LogP contribution is -2.43. The van der Waals surface area contributed by atoms with Gasteiger partial charge in [-0.3, -0.25) is 4.79 Å². The minimum Gasteiger partial charge on any atom is -0.374 e. The maximum Gasteiger partial charge on any atom is 0.228 e. The standard InChI is InChI=1S/C29H30ClFN6O2/c1-28(6-2-3-19(30)10-28)22-8-21(22)27(38)36-25-9-24(33-16-34-25)32-11-20-13-37-12-18(17-4-5-17)7-23(26(37)35-20)29(31)14-39-15-29/h2-3,6-7,9,12-13,16-17,21-22H,4-5,8,10-11,14-15H2,1H3,(H2,32,33,34,36,38)/t21-,22-,28?/m0/s1. The zero-order valence-corrected chi connectivity index (χ0v) is 22.4. The van der Waals surface area contributed by atoms with Crippen LogP contribution in [0.1, 0.15) is 55.3 Å². The molecule has 0 aromatic carbocycles. The van der Waals surface area contributed by atoms with Crippen molar-refractivity contribution in [1.29, 1.82) is 0 Å². The van der Waals surface area contributed by atoms with Crippen LogP contribution in [0.5, 0.6) is 0 Å². The molecule has 2 saturated carbocycles. The Labute approximate surface area is 230 Å². The van der Waals surface area contributed by atoms with E-state index in [2.05, 4.69) is 39.8 Å². The predicted octanol–water partition coefficient (Wildman–Crippen LogP) is 5.47. The van der Waals surface area contributed by atoms with E-state index in [1.165, 1.54) is 6.33 Å². The zero-order valence-electron chi connectivity index (χ0n) is 21.7. The van der Waals surface area contributed by atoms with E-state index in [4.69, 9.17) is 21.3 Å². The van der Waals surface area contributed by atoms with Crippen LogP contribution in [0.15, 0.2) is 54.1 Å². The number of allylic oxidation sites excluding steroid dienone is 4. The van der Waals surface area contributed by atoms with Gasteiger partial charge < -0.3 is 19.8 Å². The Bertz CT molecular complexity index is 1530. The van der Waals surface area contributed by atoms with Crippen molar-refractivity contribution in [2.45, 2.75) is 50.7 Å². The number of carbonyl (C=O) groups excluding carboxylic acids is 1. The van der Waals surface area contributed by atoms with Gasteiger partial charge >= 0.3 is 0 Å². The summed E-state index contributed by atoms with van der Waals surface area (Å²) in [6.45, 7) is 2.68. The smallest absolute Gasteiger partial charge is 0.228 e. The van der Waals surface area contributed by atoms with Gasteiger partial charge in [0.15, 0.2) is 5.67 Å². The van der Waals surface area contributed by atoms with Crippen LogP contribution in [0.4, 0.5) is 16.0 Å². The first kappa shape index (κ1) is 24.7. The molecule has 202 valence electrons. The van der Waals surface area contributed by atoms with Gasteiger partial charge in [0.25, 0.3) is 0 Å². The third-order valence-corrected chi connectivity index (χ3v) is 8.72. The van der Waals surface area contributed by atoms with Gasteiger partial charge in [0, 0.05) is 35.0 Å². The largest absolute Gasteiger partial charge is 0.374 e. The Morgan fingerprint density at radius 2 is 2.05 bits per heavy atom. The molecule has 3 atom stereocenters. The maximum atomic E-state index is 15.4. The summed E-state index contributed by atoms with van der Waals surface area (Å²) in [6, 6.07) is 3.69. The molecule has 39 heavy (non-hydrogen) atoms. The molecular formula is C29H30ClFN6O2. The number of aromatic nitrogens is 4. The summed E-state index contributed by atoms with van der Waals surface area (Å²) in [4.78, 5) is 26.2. The van der Waals surface area contributed by atoms with Crippen molar-refractivity contribution in [2.24, 2.45) is 17.3 Å². The van der Waals surface area contributed by atoms with Crippen LogP contribution in [0.3, 0.4) is 0 Å². The van der Waals surface area contributed by atoms with Gasteiger partial charge in [0.1, 0.15) is 23.6 Å². The number of pyridine rings is 1. The number of imidazole rings is 1. The number of amides is 1. The van der Waals surface area contributed by atoms with Crippen molar-refractivity contribution in [2.75, 3.05) is 23.8 Å². The van der Waals surface area contributed by atoms with E-state index in [0.717, 1.165) is 42.0 Å². The average Bonchev–Trinajstić information content (AvgIpc) is 3.81. The molecule has 3 aromatic rings. The second-order valence-electron chi connectivity index (χ2n) is 11.6. The predicted molar refractivity (Wildman–Crippen MR) is 146 cm³/mol. The molecule has 0 spiro atoms. The second kappa shape index (κ2) is 9.13. The van der Waals surface area contributed by atoms with E-state index in [-0.39, 0.29) is 36.4 Å². The summed E-state index contributed by atoms with van der Waals surface area (Å²) < 4.78 is 22.5. The highest BCUT2D eigenvalue weighted by Crippen LogP contribution is 2.56. The van der Waals surface area contributed by atoms with Gasteiger partial charge in [-0.1, -0.05) is 30.7 Å². The molecule has 3 aliphatic carbocycles. The molecule has 0 bridgehead atoms. The Balaban J connectivity index is 1.02. The van der Waals surface area contributed by atoms with Gasteiger partial charge in [-0.15, -0.1) is 0 Å². The minimum atomic E-state index is -1.49. The quantitative estimate of drug-likeness (QED) is 0.387. The number of hydrogen-bond acceptors (Lipinski definition) is 6. The highest BCUT2D eigenvalue weighted by atomic mass is 35.5. The fourth-order valence-electron chi connectivity index (χ4n) is 5.91. The topological polar surface area (TPSA) is 93.4 Å². The van der Waals surface area contributed by atoms with Crippen molar-refractivity contribution in [1.82, 2.24) is 19.4 Å². The highest BCUT2D eigenvalue weighted by molar-refractivity contribution is 6.29. The van der Waals surface area contributed by atoms with Crippen molar-refractivity contribution in [3.8, 4) is 0 Å². The van der Waals surface area contributed by atoms with E-state index < -0.39 is 5.67 Å². The summed E-state index contributed by atoms with van der Waals surface area (Å²) >= 11 is 6.26. The average molecular weight is 549 g/mol. The van der Waals surface area contributed by atoms with Gasteiger partial charge in [0.2, 0.25) is 5.91 Å². The van der Waals surface area contributed by atoms with Crippen LogP contribution in [0.25, 0.3) is 5.65 Å². The molecule has 4 heterocycles. The molecule has 2 N–H and O–H groups in total. The van der Waals surface area contributed by atoms with Crippen LogP contribution < -0.4 is 10.6 Å². The number of nitrogens with one attached hydrogen (secondary N) is 2. The molecule has 10 heteroatoms. The number of carbonyl (C=O) groups is 1. The van der Waals surface area contributed by atoms with Gasteiger partial charge in [-0.2, -0.15) is 0 Å². The third kappa shape index (κ3) is 4.72. The molecule has 3 fully saturated rings. The van der Waals surface area contributed by atoms with Gasteiger partial charge in [0.05, 0.1) is 25.5 Å². The number of ether oxygens (including phenoxy) is 1. The number of hydrogen-bond donors (Lipinski definition) is 2. The second-order valence-corrected chi connectivity index (χ2v) is 12.1. The molecule has 3 aromatic heterocycles. The fraction of sp³-hybridized carbons (Fsp3) is 0.448. The Hall–Kier alpha value is -3.30. The molecule has 1 aliphatic heterocycles. The van der Waals surface area contributed by atoms with Crippen molar-refractivity contribution in [3.63, 3.8) is 0 Å². The fourth-order valence-corrected chi connectivity index (χ4v) is 6.27. The lowest BCUT2D eigenvalue weighted by atomic mass is 9.78. The summed E-state index contributed by atoms with van der Waals surface area (Å²) in [5, 5.41) is 7.03. The van der Waals surface area contributed by atoms with Gasteiger partial charge in [-0.05, 0) is 60.6 Å². The molecular weight excluding hydrogens is 519 g/mol. The van der Waals surface area contributed by atoms with E-state index in [9.17, 15) is 4.79 Å². The number of rotatable bonds is 8. The first-order chi connectivity index (χ1) is 18.8. The number of alkyl halides is 1. The van der Waals surface area contributed by atoms with E-state index in [0.29, 0.717) is 35.3 Å². The molecule has 1 saturated heterocycles. The van der Waals surface area contributed by atoms with Crippen molar-refractivity contribution < 1.29 is 13.9 Å². The zero-order chi connectivity index (χ0) is 26.8. The number of fused-ring (bicyclic) bond motifs is 1. The summed E-state index contributed by atoms with van der Waals surface area (Å²) in [6.07, 6.45) is 15.3. The molecule has 4 aliphatic rings. The lowest BCUT2D eigenvalue weighted by Gasteiger charge is -2.34. The Morgan fingerprint density at radius 3 is 2.79 bits per heavy atom. The minimum absolute atomic E-state index is 0.0376. The van der Waals surface area contributed by atoms with Crippen molar-refractivity contribution >= 4 is 34.8 Å². The number of nitrogens with zero attached hydrogens (tertiary/aromatic N) is 4. The number of halogens is 2. The SMILES string of the molecule is CC1([C@H]2C[C@@H]2C(=O)Nc2cc(NCc3cn4cc(C5CC5)cc(C5(F)COC5)c4n3)ncn2)C=CC=C(Cl)C1. The Kier molecular flexibility index (Phi) is 5.79. The first-order valence-corrected chi connectivity index (χ1v) is 13.9. The lowest BCUT2D eigenvalue weighted by molar-refractivity contribution is -0.134. The highest BCUT2D eigenvalue weighted by Gasteiger charge is 2.53. The molecule has 0 radical (unpaired) electrons. The normalized spacial score (nSPS) is 27.1. The Morgan fingerprint density at radius 1 is 1.23 bits per heavy atom. The molecule has 8 nitrogen and oxygen atoms in total. The van der Waals surface area contributed by atoms with E-state index >= 15 is 4.39 Å². The first-order valence-electron chi connectivity index (χ1n) is 13.5. The summed E-state index contributed by atoms with van der Waals surface area (Å²) in [5.41, 5.74) is 1.55. The molecule has 7 rings (SSSR count). The maximum absolute atomic E-state index is 15.4. The van der Waals surface area contributed by atoms with Crippen molar-refractivity contribution in [3.05, 3.63) is 70.9 Å². The monoisotopic (exact) mass is 548 g/mol. The van der Waals surface area contributed by atoms with E-state index in [1.807, 2.05) is 28.8 Å².